The molecular formula is C19H28N2O5. The van der Waals surface area contributed by atoms with Crippen LogP contribution >= 0.6 is 0 Å². The average molecular weight is 364 g/mol. The fraction of sp³-hybridized carbons (Fsp3) is 0.579. The molecule has 1 aromatic heterocycles. The van der Waals surface area contributed by atoms with E-state index < -0.39 is 24.6 Å². The first-order chi connectivity index (χ1) is 12.5. The van der Waals surface area contributed by atoms with Crippen LogP contribution in [0.3, 0.4) is 0 Å². The van der Waals surface area contributed by atoms with E-state index in [2.05, 4.69) is 23.9 Å². The van der Waals surface area contributed by atoms with E-state index in [1.54, 1.807) is 0 Å². The predicted molar refractivity (Wildman–Crippen MR) is 98.2 cm³/mol. The molecule has 1 aliphatic heterocycles. The molecule has 7 nitrogen and oxygen atoms in total. The summed E-state index contributed by atoms with van der Waals surface area (Å²) in [6.45, 7) is 3.68. The Hall–Kier alpha value is -1.64. The van der Waals surface area contributed by atoms with Gasteiger partial charge in [0.15, 0.2) is 0 Å². The molecule has 0 unspecified atom stereocenters. The smallest absolute Gasteiger partial charge is 0.202 e. The van der Waals surface area contributed by atoms with Gasteiger partial charge < -0.3 is 34.7 Å². The van der Waals surface area contributed by atoms with Crippen molar-refractivity contribution in [3.63, 3.8) is 0 Å². The van der Waals surface area contributed by atoms with Crippen molar-refractivity contribution >= 4 is 10.9 Å². The summed E-state index contributed by atoms with van der Waals surface area (Å²) in [6, 6.07) is 5.76. The molecular weight excluding hydrogens is 336 g/mol. The monoisotopic (exact) mass is 364 g/mol. The molecule has 4 atom stereocenters. The Morgan fingerprint density at radius 3 is 2.88 bits per heavy atom. The molecule has 0 aliphatic carbocycles. The van der Waals surface area contributed by atoms with Crippen LogP contribution in [0.2, 0.25) is 0 Å². The first-order valence-corrected chi connectivity index (χ1v) is 9.10. The third kappa shape index (κ3) is 4.02. The van der Waals surface area contributed by atoms with Gasteiger partial charge in [0, 0.05) is 30.1 Å². The van der Waals surface area contributed by atoms with E-state index in [1.807, 2.05) is 24.4 Å². The molecule has 1 aliphatic rings. The number of aromatic amines is 1. The van der Waals surface area contributed by atoms with Crippen molar-refractivity contribution in [3.8, 4) is 5.75 Å². The van der Waals surface area contributed by atoms with Crippen LogP contribution in [0.5, 0.6) is 5.75 Å². The van der Waals surface area contributed by atoms with E-state index in [4.69, 9.17) is 9.47 Å². The van der Waals surface area contributed by atoms with Crippen molar-refractivity contribution in [2.24, 2.45) is 0 Å². The Labute approximate surface area is 153 Å². The van der Waals surface area contributed by atoms with Gasteiger partial charge in [-0.2, -0.15) is 0 Å². The lowest BCUT2D eigenvalue weighted by Gasteiger charge is -2.36. The summed E-state index contributed by atoms with van der Waals surface area (Å²) in [5.41, 5.74) is 2.14. The van der Waals surface area contributed by atoms with Crippen molar-refractivity contribution in [2.75, 3.05) is 26.7 Å². The molecule has 2 heterocycles. The maximum Gasteiger partial charge on any atom is 0.202 e. The number of aliphatic hydroxyl groups excluding tert-OH is 3. The highest BCUT2D eigenvalue weighted by Crippen LogP contribution is 2.32. The van der Waals surface area contributed by atoms with E-state index in [-0.39, 0.29) is 13.0 Å². The average Bonchev–Trinajstić information content (AvgIpc) is 3.06. The number of benzene rings is 1. The summed E-state index contributed by atoms with van der Waals surface area (Å²) in [6.07, 6.45) is -0.651. The van der Waals surface area contributed by atoms with Crippen molar-refractivity contribution in [1.29, 1.82) is 0 Å². The Morgan fingerprint density at radius 1 is 1.35 bits per heavy atom. The second-order valence-corrected chi connectivity index (χ2v) is 6.84. The van der Waals surface area contributed by atoms with Gasteiger partial charge in [0.2, 0.25) is 6.29 Å². The number of nitrogens with zero attached hydrogens (tertiary/aromatic N) is 1. The van der Waals surface area contributed by atoms with E-state index in [0.29, 0.717) is 5.75 Å². The quantitative estimate of drug-likeness (QED) is 0.582. The van der Waals surface area contributed by atoms with Gasteiger partial charge in [-0.1, -0.05) is 13.0 Å². The lowest BCUT2D eigenvalue weighted by atomic mass is 10.0. The third-order valence-electron chi connectivity index (χ3n) is 5.03. The van der Waals surface area contributed by atoms with Gasteiger partial charge in [0.05, 0.1) is 12.7 Å². The normalized spacial score (nSPS) is 26.5. The molecule has 26 heavy (non-hydrogen) atoms. The summed E-state index contributed by atoms with van der Waals surface area (Å²) in [4.78, 5) is 5.52. The number of H-pyrrole nitrogens is 1. The maximum atomic E-state index is 10.00. The molecule has 0 spiro atoms. The first-order valence-electron chi connectivity index (χ1n) is 9.10. The fourth-order valence-electron chi connectivity index (χ4n) is 3.27. The van der Waals surface area contributed by atoms with E-state index in [9.17, 15) is 15.3 Å². The zero-order chi connectivity index (χ0) is 18.7. The van der Waals surface area contributed by atoms with Gasteiger partial charge in [-0.15, -0.1) is 0 Å². The van der Waals surface area contributed by atoms with Crippen LogP contribution in [0, 0.1) is 0 Å². The van der Waals surface area contributed by atoms with Gasteiger partial charge in [-0.05, 0) is 37.7 Å². The molecule has 1 fully saturated rings. The predicted octanol–water partition coefficient (Wildman–Crippen LogP) is 0.870. The van der Waals surface area contributed by atoms with Crippen LogP contribution in [0.25, 0.3) is 10.9 Å². The molecule has 7 heteroatoms. The maximum absolute atomic E-state index is 10.00. The van der Waals surface area contributed by atoms with Crippen molar-refractivity contribution in [2.45, 2.75) is 44.4 Å². The van der Waals surface area contributed by atoms with Gasteiger partial charge in [-0.3, -0.25) is 0 Å². The SMILES string of the molecule is CCN(C)CCc1c[nH]c2cccc(O[C@H]3C[C@@H](O)[C@H](O)[C@@H](CO)O3)c12. The lowest BCUT2D eigenvalue weighted by molar-refractivity contribution is -0.229. The highest BCUT2D eigenvalue weighted by atomic mass is 16.7. The van der Waals surface area contributed by atoms with Crippen LogP contribution in [0.15, 0.2) is 24.4 Å². The number of ether oxygens (including phenoxy) is 2. The number of nitrogens with one attached hydrogen (secondary N) is 1. The summed E-state index contributed by atoms with van der Waals surface area (Å²) >= 11 is 0. The van der Waals surface area contributed by atoms with Crippen LogP contribution in [0.4, 0.5) is 0 Å². The van der Waals surface area contributed by atoms with Crippen LogP contribution < -0.4 is 4.74 Å². The minimum Gasteiger partial charge on any atom is -0.464 e. The lowest BCUT2D eigenvalue weighted by Crippen LogP contribution is -2.51. The minimum absolute atomic E-state index is 0.145. The van der Waals surface area contributed by atoms with Crippen LogP contribution in [-0.4, -0.2) is 76.5 Å². The second-order valence-electron chi connectivity index (χ2n) is 6.84. The number of likely N-dealkylation sites (N-methyl/N-ethyl adjacent to an activating group) is 1. The molecule has 0 saturated carbocycles. The highest BCUT2D eigenvalue weighted by Gasteiger charge is 2.37. The molecule has 4 N–H and O–H groups in total. The number of hydrogen-bond acceptors (Lipinski definition) is 6. The topological polar surface area (TPSA) is 98.2 Å². The number of aliphatic hydroxyl groups is 3. The highest BCUT2D eigenvalue weighted by molar-refractivity contribution is 5.89. The zero-order valence-electron chi connectivity index (χ0n) is 15.3. The summed E-state index contributed by atoms with van der Waals surface area (Å²) in [5, 5.41) is 30.2. The fourth-order valence-corrected chi connectivity index (χ4v) is 3.27. The molecule has 144 valence electrons. The molecule has 1 saturated heterocycles. The van der Waals surface area contributed by atoms with Crippen LogP contribution in [0.1, 0.15) is 18.9 Å². The zero-order valence-corrected chi connectivity index (χ0v) is 15.3. The largest absolute Gasteiger partial charge is 0.464 e. The molecule has 0 bridgehead atoms. The van der Waals surface area contributed by atoms with Gasteiger partial charge in [0.1, 0.15) is 18.0 Å². The molecule has 2 aromatic rings. The van der Waals surface area contributed by atoms with E-state index in [1.165, 1.54) is 0 Å². The van der Waals surface area contributed by atoms with E-state index in [0.717, 1.165) is 36.0 Å². The molecule has 1 aromatic carbocycles. The summed E-state index contributed by atoms with van der Waals surface area (Å²) < 4.78 is 11.6. The first kappa shape index (κ1) is 19.1. The van der Waals surface area contributed by atoms with Gasteiger partial charge in [-0.25, -0.2) is 0 Å². The molecule has 0 radical (unpaired) electrons. The third-order valence-corrected chi connectivity index (χ3v) is 5.03. The van der Waals surface area contributed by atoms with Crippen molar-refractivity contribution in [3.05, 3.63) is 30.0 Å². The van der Waals surface area contributed by atoms with Crippen molar-refractivity contribution in [1.82, 2.24) is 9.88 Å². The van der Waals surface area contributed by atoms with E-state index >= 15 is 0 Å². The number of rotatable bonds is 7. The summed E-state index contributed by atoms with van der Waals surface area (Å²) in [7, 11) is 2.09. The standard InChI is InChI=1S/C19H28N2O5/c1-3-21(2)8-7-12-10-20-13-5-4-6-15(18(12)13)25-17-9-14(23)19(24)16(11-22)26-17/h4-6,10,14,16-17,19-20,22-24H,3,7-9,11H2,1-2H3/t14-,16-,17-,19+/m1/s1. The van der Waals surface area contributed by atoms with Gasteiger partial charge >= 0.3 is 0 Å². The number of aromatic nitrogens is 1. The Bertz CT molecular complexity index is 719. The Balaban J connectivity index is 1.80. The van der Waals surface area contributed by atoms with Gasteiger partial charge in [0.25, 0.3) is 0 Å². The van der Waals surface area contributed by atoms with Crippen molar-refractivity contribution < 1.29 is 24.8 Å². The minimum atomic E-state index is -1.11. The van der Waals surface area contributed by atoms with Crippen LogP contribution in [-0.2, 0) is 11.2 Å². The number of hydrogen-bond donors (Lipinski definition) is 4. The Kier molecular flexibility index (Phi) is 6.16. The molecule has 0 amide bonds. The molecule has 3 rings (SSSR count). The Morgan fingerprint density at radius 2 is 2.15 bits per heavy atom. The number of fused-ring (bicyclic) bond motifs is 1. The summed E-state index contributed by atoms with van der Waals surface area (Å²) in [5.74, 6) is 0.670. The second kappa shape index (κ2) is 8.37.